The molecule has 1 amide bonds. The summed E-state index contributed by atoms with van der Waals surface area (Å²) >= 11 is 0. The van der Waals surface area contributed by atoms with Crippen molar-refractivity contribution in [2.24, 2.45) is 5.73 Å². The molecule has 1 saturated carbocycles. The van der Waals surface area contributed by atoms with Crippen LogP contribution < -0.4 is 5.73 Å². The summed E-state index contributed by atoms with van der Waals surface area (Å²) in [7, 11) is 0. The molecular formula is C15H29N3O2. The average Bonchev–Trinajstić information content (AvgIpc) is 3.12. The SMILES string of the molecule is CC(C)(C)OC(=O)N(C1CC1)[C@H]1CCCN(CCN)C1. The predicted molar refractivity (Wildman–Crippen MR) is 79.6 cm³/mol. The average molecular weight is 283 g/mol. The van der Waals surface area contributed by atoms with E-state index in [-0.39, 0.29) is 12.1 Å². The monoisotopic (exact) mass is 283 g/mol. The first kappa shape index (κ1) is 15.6. The fraction of sp³-hybridized carbons (Fsp3) is 0.933. The molecule has 1 heterocycles. The zero-order valence-corrected chi connectivity index (χ0v) is 13.1. The number of nitrogens with zero attached hydrogens (tertiary/aromatic N) is 2. The zero-order valence-electron chi connectivity index (χ0n) is 13.1. The number of rotatable bonds is 4. The Morgan fingerprint density at radius 3 is 2.55 bits per heavy atom. The maximum absolute atomic E-state index is 12.5. The summed E-state index contributed by atoms with van der Waals surface area (Å²) < 4.78 is 5.59. The Balaban J connectivity index is 1.99. The number of carbonyl (C=O) groups is 1. The van der Waals surface area contributed by atoms with Crippen molar-refractivity contribution in [2.45, 2.75) is 64.1 Å². The van der Waals surface area contributed by atoms with Crippen LogP contribution in [-0.2, 0) is 4.74 Å². The first-order valence-electron chi connectivity index (χ1n) is 7.84. The first-order chi connectivity index (χ1) is 9.40. The van der Waals surface area contributed by atoms with Crippen LogP contribution in [0.25, 0.3) is 0 Å². The molecule has 1 atom stereocenters. The topological polar surface area (TPSA) is 58.8 Å². The molecule has 0 spiro atoms. The minimum atomic E-state index is -0.421. The van der Waals surface area contributed by atoms with Gasteiger partial charge < -0.3 is 20.3 Å². The van der Waals surface area contributed by atoms with Gasteiger partial charge in [-0.25, -0.2) is 4.79 Å². The van der Waals surface area contributed by atoms with Gasteiger partial charge >= 0.3 is 6.09 Å². The summed E-state index contributed by atoms with van der Waals surface area (Å²) in [6.07, 6.45) is 4.31. The summed E-state index contributed by atoms with van der Waals surface area (Å²) in [6, 6.07) is 0.685. The second-order valence-electron chi connectivity index (χ2n) is 7.00. The second-order valence-corrected chi connectivity index (χ2v) is 7.00. The molecule has 1 aliphatic carbocycles. The van der Waals surface area contributed by atoms with Crippen LogP contribution in [0.1, 0.15) is 46.5 Å². The van der Waals surface area contributed by atoms with Crippen molar-refractivity contribution >= 4 is 6.09 Å². The van der Waals surface area contributed by atoms with Gasteiger partial charge in [-0.1, -0.05) is 0 Å². The van der Waals surface area contributed by atoms with Crippen molar-refractivity contribution in [3.05, 3.63) is 0 Å². The smallest absolute Gasteiger partial charge is 0.410 e. The Morgan fingerprint density at radius 1 is 1.30 bits per heavy atom. The third-order valence-electron chi connectivity index (χ3n) is 3.86. The highest BCUT2D eigenvalue weighted by Gasteiger charge is 2.40. The minimum absolute atomic E-state index is 0.139. The Morgan fingerprint density at radius 2 is 2.00 bits per heavy atom. The summed E-state index contributed by atoms with van der Waals surface area (Å²) in [5.74, 6) is 0. The van der Waals surface area contributed by atoms with E-state index in [1.165, 1.54) is 0 Å². The number of hydrogen-bond donors (Lipinski definition) is 1. The van der Waals surface area contributed by atoms with E-state index in [1.807, 2.05) is 25.7 Å². The maximum atomic E-state index is 12.5. The van der Waals surface area contributed by atoms with Crippen LogP contribution in [0, 0.1) is 0 Å². The van der Waals surface area contributed by atoms with Crippen molar-refractivity contribution in [1.82, 2.24) is 9.80 Å². The van der Waals surface area contributed by atoms with E-state index in [1.54, 1.807) is 0 Å². The van der Waals surface area contributed by atoms with Gasteiger partial charge in [0.1, 0.15) is 5.60 Å². The molecule has 2 rings (SSSR count). The summed E-state index contributed by atoms with van der Waals surface area (Å²) in [5, 5.41) is 0. The predicted octanol–water partition coefficient (Wildman–Crippen LogP) is 1.81. The fourth-order valence-electron chi connectivity index (χ4n) is 2.91. The van der Waals surface area contributed by atoms with E-state index >= 15 is 0 Å². The fourth-order valence-corrected chi connectivity index (χ4v) is 2.91. The molecule has 5 heteroatoms. The Hall–Kier alpha value is -0.810. The summed E-state index contributed by atoms with van der Waals surface area (Å²) in [6.45, 7) is 9.42. The van der Waals surface area contributed by atoms with E-state index in [9.17, 15) is 4.79 Å². The van der Waals surface area contributed by atoms with Gasteiger partial charge in [0, 0.05) is 31.7 Å². The molecule has 116 valence electrons. The molecule has 2 N–H and O–H groups in total. The Bertz CT molecular complexity index is 335. The van der Waals surface area contributed by atoms with Gasteiger partial charge in [0.2, 0.25) is 0 Å². The van der Waals surface area contributed by atoms with Crippen molar-refractivity contribution < 1.29 is 9.53 Å². The first-order valence-corrected chi connectivity index (χ1v) is 7.84. The third-order valence-corrected chi connectivity index (χ3v) is 3.86. The van der Waals surface area contributed by atoms with Crippen LogP contribution in [0.3, 0.4) is 0 Å². The van der Waals surface area contributed by atoms with E-state index in [4.69, 9.17) is 10.5 Å². The zero-order chi connectivity index (χ0) is 14.8. The van der Waals surface area contributed by atoms with Crippen LogP contribution in [0.2, 0.25) is 0 Å². The number of piperidine rings is 1. The molecule has 5 nitrogen and oxygen atoms in total. The third kappa shape index (κ3) is 4.35. The molecule has 20 heavy (non-hydrogen) atoms. The van der Waals surface area contributed by atoms with Crippen LogP contribution in [0.4, 0.5) is 4.79 Å². The van der Waals surface area contributed by atoms with E-state index in [0.29, 0.717) is 12.6 Å². The van der Waals surface area contributed by atoms with Gasteiger partial charge in [-0.3, -0.25) is 0 Å². The van der Waals surface area contributed by atoms with Gasteiger partial charge in [-0.2, -0.15) is 0 Å². The Kier molecular flexibility index (Phi) is 4.91. The molecule has 0 bridgehead atoms. The van der Waals surface area contributed by atoms with Gasteiger partial charge in [-0.15, -0.1) is 0 Å². The van der Waals surface area contributed by atoms with E-state index < -0.39 is 5.60 Å². The molecule has 2 fully saturated rings. The molecule has 0 unspecified atom stereocenters. The Labute approximate surface area is 122 Å². The lowest BCUT2D eigenvalue weighted by Crippen LogP contribution is -2.52. The highest BCUT2D eigenvalue weighted by Crippen LogP contribution is 2.32. The maximum Gasteiger partial charge on any atom is 0.410 e. The summed E-state index contributed by atoms with van der Waals surface area (Å²) in [4.78, 5) is 16.8. The van der Waals surface area contributed by atoms with Gasteiger partial charge in [0.05, 0.1) is 0 Å². The second kappa shape index (κ2) is 6.31. The molecule has 1 aliphatic heterocycles. The lowest BCUT2D eigenvalue weighted by atomic mass is 10.0. The number of carbonyl (C=O) groups excluding carboxylic acids is 1. The van der Waals surface area contributed by atoms with Gasteiger partial charge in [0.25, 0.3) is 0 Å². The molecule has 0 aromatic heterocycles. The van der Waals surface area contributed by atoms with E-state index in [2.05, 4.69) is 4.90 Å². The highest BCUT2D eigenvalue weighted by molar-refractivity contribution is 5.69. The van der Waals surface area contributed by atoms with Crippen molar-refractivity contribution in [2.75, 3.05) is 26.2 Å². The van der Waals surface area contributed by atoms with E-state index in [0.717, 1.165) is 45.3 Å². The molecule has 0 aromatic carbocycles. The lowest BCUT2D eigenvalue weighted by molar-refractivity contribution is 0.00408. The molecule has 2 aliphatic rings. The van der Waals surface area contributed by atoms with Crippen LogP contribution in [0.15, 0.2) is 0 Å². The number of amides is 1. The standard InChI is InChI=1S/C15H29N3O2/c1-15(2,3)20-14(19)18(12-6-7-12)13-5-4-9-17(11-13)10-8-16/h12-13H,4-11,16H2,1-3H3/t13-/m0/s1. The van der Waals surface area contributed by atoms with Crippen LogP contribution in [0.5, 0.6) is 0 Å². The van der Waals surface area contributed by atoms with Crippen molar-refractivity contribution in [3.63, 3.8) is 0 Å². The number of nitrogens with two attached hydrogens (primary N) is 1. The minimum Gasteiger partial charge on any atom is -0.444 e. The largest absolute Gasteiger partial charge is 0.444 e. The van der Waals surface area contributed by atoms with Crippen LogP contribution >= 0.6 is 0 Å². The van der Waals surface area contributed by atoms with Crippen molar-refractivity contribution in [1.29, 1.82) is 0 Å². The van der Waals surface area contributed by atoms with Gasteiger partial charge in [-0.05, 0) is 53.0 Å². The summed E-state index contributed by atoms with van der Waals surface area (Å²) in [5.41, 5.74) is 5.23. The van der Waals surface area contributed by atoms with Crippen LogP contribution in [-0.4, -0.2) is 59.8 Å². The van der Waals surface area contributed by atoms with Gasteiger partial charge in [0.15, 0.2) is 0 Å². The van der Waals surface area contributed by atoms with Crippen molar-refractivity contribution in [3.8, 4) is 0 Å². The molecule has 1 saturated heterocycles. The number of likely N-dealkylation sites (tertiary alicyclic amines) is 1. The molecule has 0 radical (unpaired) electrons. The highest BCUT2D eigenvalue weighted by atomic mass is 16.6. The lowest BCUT2D eigenvalue weighted by Gasteiger charge is -2.40. The molecule has 0 aromatic rings. The number of ether oxygens (including phenoxy) is 1. The quantitative estimate of drug-likeness (QED) is 0.855. The normalized spacial score (nSPS) is 24.5. The molecular weight excluding hydrogens is 254 g/mol. The number of hydrogen-bond acceptors (Lipinski definition) is 4.